The second kappa shape index (κ2) is 11.5. The zero-order chi connectivity index (χ0) is 20.2. The Bertz CT molecular complexity index is 766. The van der Waals surface area contributed by atoms with Gasteiger partial charge >= 0.3 is 0 Å². The second-order valence-corrected chi connectivity index (χ2v) is 6.16. The summed E-state index contributed by atoms with van der Waals surface area (Å²) in [6.45, 7) is 5.80. The third kappa shape index (κ3) is 7.77. The summed E-state index contributed by atoms with van der Waals surface area (Å²) < 4.78 is 4.96. The Labute approximate surface area is 161 Å². The van der Waals surface area contributed by atoms with Crippen molar-refractivity contribution in [2.45, 2.75) is 26.7 Å². The van der Waals surface area contributed by atoms with Gasteiger partial charge in [-0.3, -0.25) is 9.59 Å². The SMILES string of the molecule is CNc1cc(/C=C/C=O)ccc1C(C)C.COc1ccc(NC(C)=O)cc1. The number of methoxy groups -OCH3 is 1. The van der Waals surface area contributed by atoms with Gasteiger partial charge in [0.25, 0.3) is 0 Å². The molecule has 0 spiro atoms. The molecular weight excluding hydrogens is 340 g/mol. The van der Waals surface area contributed by atoms with Crippen LogP contribution < -0.4 is 15.4 Å². The average Bonchev–Trinajstić information content (AvgIpc) is 2.66. The Morgan fingerprint density at radius 1 is 1.11 bits per heavy atom. The highest BCUT2D eigenvalue weighted by Gasteiger charge is 2.05. The van der Waals surface area contributed by atoms with E-state index in [9.17, 15) is 9.59 Å². The molecular formula is C22H28N2O3. The van der Waals surface area contributed by atoms with Gasteiger partial charge in [-0.1, -0.05) is 32.1 Å². The molecule has 0 aromatic heterocycles. The van der Waals surface area contributed by atoms with Gasteiger partial charge < -0.3 is 15.4 Å². The van der Waals surface area contributed by atoms with Gasteiger partial charge in [-0.05, 0) is 53.5 Å². The minimum absolute atomic E-state index is 0.0693. The van der Waals surface area contributed by atoms with E-state index in [0.29, 0.717) is 5.92 Å². The minimum Gasteiger partial charge on any atom is -0.497 e. The van der Waals surface area contributed by atoms with Crippen molar-refractivity contribution in [3.63, 3.8) is 0 Å². The van der Waals surface area contributed by atoms with E-state index in [1.54, 1.807) is 37.5 Å². The fourth-order valence-electron chi connectivity index (χ4n) is 2.43. The number of carbonyl (C=O) groups is 2. The predicted molar refractivity (Wildman–Crippen MR) is 112 cm³/mol. The zero-order valence-corrected chi connectivity index (χ0v) is 16.6. The number of ether oxygens (including phenoxy) is 1. The Morgan fingerprint density at radius 2 is 1.78 bits per heavy atom. The number of anilines is 2. The van der Waals surface area contributed by atoms with Crippen LogP contribution in [0.15, 0.2) is 48.5 Å². The smallest absolute Gasteiger partial charge is 0.221 e. The Hall–Kier alpha value is -3.08. The maximum Gasteiger partial charge on any atom is 0.221 e. The number of allylic oxidation sites excluding steroid dienone is 1. The van der Waals surface area contributed by atoms with E-state index in [1.807, 2.05) is 13.1 Å². The molecule has 5 nitrogen and oxygen atoms in total. The maximum atomic E-state index is 10.6. The number of nitrogens with one attached hydrogen (secondary N) is 2. The average molecular weight is 368 g/mol. The Kier molecular flexibility index (Phi) is 9.37. The van der Waals surface area contributed by atoms with E-state index in [-0.39, 0.29) is 5.91 Å². The molecule has 2 rings (SSSR count). The van der Waals surface area contributed by atoms with E-state index in [0.717, 1.165) is 29.0 Å². The molecule has 144 valence electrons. The predicted octanol–water partition coefficient (Wildman–Crippen LogP) is 4.72. The summed E-state index contributed by atoms with van der Waals surface area (Å²) in [5.41, 5.74) is 4.23. The van der Waals surface area contributed by atoms with Gasteiger partial charge in [0.2, 0.25) is 5.91 Å². The first kappa shape index (κ1) is 22.0. The first-order valence-electron chi connectivity index (χ1n) is 8.76. The Balaban J connectivity index is 0.000000277. The van der Waals surface area contributed by atoms with Crippen molar-refractivity contribution in [1.82, 2.24) is 0 Å². The number of hydrogen-bond acceptors (Lipinski definition) is 4. The molecule has 0 atom stereocenters. The molecule has 0 bridgehead atoms. The van der Waals surface area contributed by atoms with Gasteiger partial charge in [0, 0.05) is 25.3 Å². The van der Waals surface area contributed by atoms with Gasteiger partial charge in [-0.2, -0.15) is 0 Å². The van der Waals surface area contributed by atoms with E-state index >= 15 is 0 Å². The number of carbonyl (C=O) groups excluding carboxylic acids is 2. The molecule has 27 heavy (non-hydrogen) atoms. The molecule has 0 saturated heterocycles. The zero-order valence-electron chi connectivity index (χ0n) is 16.6. The molecule has 0 radical (unpaired) electrons. The van der Waals surface area contributed by atoms with E-state index in [2.05, 4.69) is 36.6 Å². The van der Waals surface area contributed by atoms with Crippen LogP contribution in [0.1, 0.15) is 37.8 Å². The summed E-state index contributed by atoms with van der Waals surface area (Å²) in [6, 6.07) is 13.4. The molecule has 0 aliphatic carbocycles. The van der Waals surface area contributed by atoms with Gasteiger partial charge in [-0.15, -0.1) is 0 Å². The lowest BCUT2D eigenvalue weighted by molar-refractivity contribution is -0.114. The lowest BCUT2D eigenvalue weighted by Gasteiger charge is -2.12. The second-order valence-electron chi connectivity index (χ2n) is 6.16. The summed E-state index contributed by atoms with van der Waals surface area (Å²) >= 11 is 0. The quantitative estimate of drug-likeness (QED) is 0.572. The van der Waals surface area contributed by atoms with Gasteiger partial charge in [-0.25, -0.2) is 0 Å². The molecule has 2 aromatic rings. The van der Waals surface area contributed by atoms with Gasteiger partial charge in [0.05, 0.1) is 7.11 Å². The van der Waals surface area contributed by atoms with E-state index in [1.165, 1.54) is 18.6 Å². The third-order valence-electron chi connectivity index (χ3n) is 3.75. The van der Waals surface area contributed by atoms with Crippen molar-refractivity contribution in [2.24, 2.45) is 0 Å². The molecule has 1 amide bonds. The molecule has 0 aliphatic rings. The largest absolute Gasteiger partial charge is 0.497 e. The summed E-state index contributed by atoms with van der Waals surface area (Å²) in [6.07, 6.45) is 4.09. The first-order chi connectivity index (χ1) is 12.9. The lowest BCUT2D eigenvalue weighted by atomic mass is 9.99. The number of hydrogen-bond donors (Lipinski definition) is 2. The standard InChI is InChI=1S/C13H17NO.C9H11NO2/c1-10(2)12-7-6-11(5-4-8-15)9-13(12)14-3;1-7(11)10-8-3-5-9(12-2)6-4-8/h4-10,14H,1-3H3;3-6H,1-2H3,(H,10,11)/b5-4+;. The van der Waals surface area contributed by atoms with Crippen LogP contribution in [0.4, 0.5) is 11.4 Å². The van der Waals surface area contributed by atoms with Crippen LogP contribution in [-0.2, 0) is 9.59 Å². The van der Waals surface area contributed by atoms with Crippen LogP contribution in [0.2, 0.25) is 0 Å². The highest BCUT2D eigenvalue weighted by Crippen LogP contribution is 2.25. The molecule has 0 saturated carbocycles. The summed E-state index contributed by atoms with van der Waals surface area (Å²) in [5, 5.41) is 5.83. The topological polar surface area (TPSA) is 67.4 Å². The molecule has 2 aromatic carbocycles. The highest BCUT2D eigenvalue weighted by atomic mass is 16.5. The minimum atomic E-state index is -0.0693. The summed E-state index contributed by atoms with van der Waals surface area (Å²) in [7, 11) is 3.52. The molecule has 0 aliphatic heterocycles. The van der Waals surface area contributed by atoms with Gasteiger partial charge in [0.1, 0.15) is 12.0 Å². The number of aldehydes is 1. The maximum absolute atomic E-state index is 10.6. The fourth-order valence-corrected chi connectivity index (χ4v) is 2.43. The lowest BCUT2D eigenvalue weighted by Crippen LogP contribution is -2.05. The van der Waals surface area contributed by atoms with Crippen LogP contribution >= 0.6 is 0 Å². The fraction of sp³-hybridized carbons (Fsp3) is 0.273. The van der Waals surface area contributed by atoms with Crippen LogP contribution in [0.3, 0.4) is 0 Å². The van der Waals surface area contributed by atoms with E-state index in [4.69, 9.17) is 4.74 Å². The number of amides is 1. The van der Waals surface area contributed by atoms with E-state index < -0.39 is 0 Å². The number of benzene rings is 2. The van der Waals surface area contributed by atoms with Crippen molar-refractivity contribution >= 4 is 29.6 Å². The van der Waals surface area contributed by atoms with Crippen molar-refractivity contribution in [3.05, 3.63) is 59.7 Å². The highest BCUT2D eigenvalue weighted by molar-refractivity contribution is 5.88. The molecule has 5 heteroatoms. The van der Waals surface area contributed by atoms with Crippen molar-refractivity contribution in [1.29, 1.82) is 0 Å². The van der Waals surface area contributed by atoms with Gasteiger partial charge in [0.15, 0.2) is 0 Å². The Morgan fingerprint density at radius 3 is 2.26 bits per heavy atom. The van der Waals surface area contributed by atoms with Crippen LogP contribution in [0, 0.1) is 0 Å². The monoisotopic (exact) mass is 368 g/mol. The van der Waals surface area contributed by atoms with Crippen LogP contribution in [0.25, 0.3) is 6.08 Å². The van der Waals surface area contributed by atoms with Crippen LogP contribution in [-0.4, -0.2) is 26.4 Å². The summed E-state index contributed by atoms with van der Waals surface area (Å²) in [5.74, 6) is 1.21. The molecule has 0 fully saturated rings. The van der Waals surface area contributed by atoms with Crippen molar-refractivity contribution in [3.8, 4) is 5.75 Å². The van der Waals surface area contributed by atoms with Crippen LogP contribution in [0.5, 0.6) is 5.75 Å². The number of rotatable bonds is 6. The van der Waals surface area contributed by atoms with Crippen molar-refractivity contribution in [2.75, 3.05) is 24.8 Å². The molecule has 0 heterocycles. The normalized spacial score (nSPS) is 10.1. The summed E-state index contributed by atoms with van der Waals surface area (Å²) in [4.78, 5) is 20.8. The molecule has 2 N–H and O–H groups in total. The first-order valence-corrected chi connectivity index (χ1v) is 8.76. The van der Waals surface area contributed by atoms with Crippen molar-refractivity contribution < 1.29 is 14.3 Å². The third-order valence-corrected chi connectivity index (χ3v) is 3.75. The molecule has 0 unspecified atom stereocenters.